The average molecular weight is 264 g/mol. The quantitative estimate of drug-likeness (QED) is 0.761. The molecule has 0 saturated heterocycles. The first-order chi connectivity index (χ1) is 9.36. The van der Waals surface area contributed by atoms with Crippen LogP contribution in [0.1, 0.15) is 11.1 Å². The standard InChI is InChI=1S/C16H12N2S/c17-9-12-4-3-5-14(8-12)18-10-13-11-19-16-7-2-1-6-15(13)16/h1-8,11,18H,10H2. The Hall–Kier alpha value is -2.31. The van der Waals surface area contributed by atoms with Crippen LogP contribution in [0.15, 0.2) is 53.9 Å². The van der Waals surface area contributed by atoms with Gasteiger partial charge >= 0.3 is 0 Å². The van der Waals surface area contributed by atoms with Crippen LogP contribution in [-0.4, -0.2) is 0 Å². The molecule has 0 bridgehead atoms. The Labute approximate surface area is 115 Å². The van der Waals surface area contributed by atoms with Crippen molar-refractivity contribution in [1.82, 2.24) is 0 Å². The highest BCUT2D eigenvalue weighted by Crippen LogP contribution is 2.26. The highest BCUT2D eigenvalue weighted by atomic mass is 32.1. The molecule has 0 amide bonds. The Morgan fingerprint density at radius 1 is 1.11 bits per heavy atom. The van der Waals surface area contributed by atoms with Crippen LogP contribution in [0.3, 0.4) is 0 Å². The molecule has 0 spiro atoms. The SMILES string of the molecule is N#Cc1cccc(NCc2csc3ccccc23)c1. The molecular formula is C16H12N2S. The molecule has 0 unspecified atom stereocenters. The summed E-state index contributed by atoms with van der Waals surface area (Å²) in [4.78, 5) is 0. The molecular weight excluding hydrogens is 252 g/mol. The van der Waals surface area contributed by atoms with E-state index in [4.69, 9.17) is 5.26 Å². The van der Waals surface area contributed by atoms with Crippen molar-refractivity contribution in [2.24, 2.45) is 0 Å². The molecule has 0 aliphatic carbocycles. The van der Waals surface area contributed by atoms with Crippen molar-refractivity contribution in [3.8, 4) is 6.07 Å². The van der Waals surface area contributed by atoms with E-state index in [1.54, 1.807) is 11.3 Å². The third-order valence-electron chi connectivity index (χ3n) is 3.04. The van der Waals surface area contributed by atoms with Crippen LogP contribution in [0.25, 0.3) is 10.1 Å². The van der Waals surface area contributed by atoms with E-state index in [-0.39, 0.29) is 0 Å². The third-order valence-corrected chi connectivity index (χ3v) is 4.05. The second-order valence-corrected chi connectivity index (χ2v) is 5.21. The highest BCUT2D eigenvalue weighted by Gasteiger charge is 2.03. The lowest BCUT2D eigenvalue weighted by atomic mass is 10.1. The van der Waals surface area contributed by atoms with Gasteiger partial charge in [-0.1, -0.05) is 24.3 Å². The molecule has 0 saturated carbocycles. The molecule has 3 heteroatoms. The number of nitrogens with one attached hydrogen (secondary N) is 1. The summed E-state index contributed by atoms with van der Waals surface area (Å²) in [7, 11) is 0. The zero-order chi connectivity index (χ0) is 13.1. The van der Waals surface area contributed by atoms with Crippen LogP contribution in [0, 0.1) is 11.3 Å². The van der Waals surface area contributed by atoms with Crippen LogP contribution in [0.4, 0.5) is 5.69 Å². The number of nitrogens with zero attached hydrogens (tertiary/aromatic N) is 1. The Balaban J connectivity index is 1.81. The van der Waals surface area contributed by atoms with Crippen LogP contribution >= 0.6 is 11.3 Å². The minimum absolute atomic E-state index is 0.681. The molecule has 1 N–H and O–H groups in total. The van der Waals surface area contributed by atoms with Gasteiger partial charge in [0.15, 0.2) is 0 Å². The second-order valence-electron chi connectivity index (χ2n) is 4.30. The van der Waals surface area contributed by atoms with Gasteiger partial charge in [-0.15, -0.1) is 11.3 Å². The summed E-state index contributed by atoms with van der Waals surface area (Å²) < 4.78 is 1.31. The van der Waals surface area contributed by atoms with Crippen molar-refractivity contribution in [2.75, 3.05) is 5.32 Å². The summed E-state index contributed by atoms with van der Waals surface area (Å²) >= 11 is 1.76. The molecule has 0 atom stereocenters. The van der Waals surface area contributed by atoms with Gasteiger partial charge in [-0.2, -0.15) is 5.26 Å². The number of anilines is 1. The Morgan fingerprint density at radius 2 is 2.00 bits per heavy atom. The normalized spacial score (nSPS) is 10.3. The van der Waals surface area contributed by atoms with Gasteiger partial charge in [0.25, 0.3) is 0 Å². The van der Waals surface area contributed by atoms with Crippen molar-refractivity contribution in [3.05, 3.63) is 65.0 Å². The Kier molecular flexibility index (Phi) is 3.18. The Bertz CT molecular complexity index is 753. The van der Waals surface area contributed by atoms with Gasteiger partial charge < -0.3 is 5.32 Å². The van der Waals surface area contributed by atoms with Gasteiger partial charge in [0.05, 0.1) is 11.6 Å². The Morgan fingerprint density at radius 3 is 2.89 bits per heavy atom. The molecule has 19 heavy (non-hydrogen) atoms. The van der Waals surface area contributed by atoms with Gasteiger partial charge in [0, 0.05) is 16.9 Å². The minimum atomic E-state index is 0.681. The van der Waals surface area contributed by atoms with E-state index in [0.717, 1.165) is 12.2 Å². The second kappa shape index (κ2) is 5.13. The lowest BCUT2D eigenvalue weighted by molar-refractivity contribution is 1.18. The predicted molar refractivity (Wildman–Crippen MR) is 80.3 cm³/mol. The number of hydrogen-bond donors (Lipinski definition) is 1. The maximum absolute atomic E-state index is 8.88. The molecule has 0 aliphatic rings. The first kappa shape index (κ1) is 11.8. The zero-order valence-corrected chi connectivity index (χ0v) is 11.1. The first-order valence-corrected chi connectivity index (χ1v) is 6.94. The number of rotatable bonds is 3. The predicted octanol–water partition coefficient (Wildman–Crippen LogP) is 4.39. The number of hydrogen-bond acceptors (Lipinski definition) is 3. The summed E-state index contributed by atoms with van der Waals surface area (Å²) in [6.07, 6.45) is 0. The minimum Gasteiger partial charge on any atom is -0.381 e. The summed E-state index contributed by atoms with van der Waals surface area (Å²) in [6, 6.07) is 18.1. The van der Waals surface area contributed by atoms with Crippen LogP contribution < -0.4 is 5.32 Å². The van der Waals surface area contributed by atoms with Crippen molar-refractivity contribution < 1.29 is 0 Å². The zero-order valence-electron chi connectivity index (χ0n) is 10.3. The lowest BCUT2D eigenvalue weighted by Crippen LogP contribution is -1.98. The van der Waals surface area contributed by atoms with E-state index < -0.39 is 0 Å². The molecule has 1 heterocycles. The van der Waals surface area contributed by atoms with Crippen molar-refractivity contribution >= 4 is 27.1 Å². The summed E-state index contributed by atoms with van der Waals surface area (Å²) in [6.45, 7) is 0.777. The summed E-state index contributed by atoms with van der Waals surface area (Å²) in [5.41, 5.74) is 2.96. The number of benzene rings is 2. The van der Waals surface area contributed by atoms with Crippen molar-refractivity contribution in [3.63, 3.8) is 0 Å². The fourth-order valence-corrected chi connectivity index (χ4v) is 3.03. The van der Waals surface area contributed by atoms with Gasteiger partial charge in [0.2, 0.25) is 0 Å². The lowest BCUT2D eigenvalue weighted by Gasteiger charge is -2.05. The van der Waals surface area contributed by atoms with E-state index in [0.29, 0.717) is 5.56 Å². The molecule has 0 fully saturated rings. The number of thiophene rings is 1. The molecule has 1 aromatic heterocycles. The van der Waals surface area contributed by atoms with E-state index >= 15 is 0 Å². The fraction of sp³-hybridized carbons (Fsp3) is 0.0625. The molecule has 3 aromatic rings. The number of nitriles is 1. The van der Waals surface area contributed by atoms with Gasteiger partial charge in [-0.25, -0.2) is 0 Å². The molecule has 0 radical (unpaired) electrons. The van der Waals surface area contributed by atoms with Gasteiger partial charge in [-0.05, 0) is 40.6 Å². The van der Waals surface area contributed by atoms with Crippen LogP contribution in [-0.2, 0) is 6.54 Å². The third kappa shape index (κ3) is 2.44. The molecule has 0 aliphatic heterocycles. The van der Waals surface area contributed by atoms with E-state index in [1.165, 1.54) is 15.6 Å². The number of fused-ring (bicyclic) bond motifs is 1. The molecule has 92 valence electrons. The van der Waals surface area contributed by atoms with Crippen molar-refractivity contribution in [1.29, 1.82) is 5.26 Å². The largest absolute Gasteiger partial charge is 0.381 e. The fourth-order valence-electron chi connectivity index (χ4n) is 2.07. The van der Waals surface area contributed by atoms with Crippen molar-refractivity contribution in [2.45, 2.75) is 6.54 Å². The van der Waals surface area contributed by atoms with Gasteiger partial charge in [0.1, 0.15) is 0 Å². The maximum atomic E-state index is 8.88. The maximum Gasteiger partial charge on any atom is 0.0992 e. The first-order valence-electron chi connectivity index (χ1n) is 6.06. The monoisotopic (exact) mass is 264 g/mol. The molecule has 2 aromatic carbocycles. The summed E-state index contributed by atoms with van der Waals surface area (Å²) in [5, 5.41) is 15.7. The average Bonchev–Trinajstić information content (AvgIpc) is 2.89. The van der Waals surface area contributed by atoms with Crippen LogP contribution in [0.2, 0.25) is 0 Å². The molecule has 3 rings (SSSR count). The highest BCUT2D eigenvalue weighted by molar-refractivity contribution is 7.17. The van der Waals surface area contributed by atoms with E-state index in [9.17, 15) is 0 Å². The van der Waals surface area contributed by atoms with E-state index in [2.05, 4.69) is 41.0 Å². The van der Waals surface area contributed by atoms with Crippen LogP contribution in [0.5, 0.6) is 0 Å². The van der Waals surface area contributed by atoms with Gasteiger partial charge in [-0.3, -0.25) is 0 Å². The topological polar surface area (TPSA) is 35.8 Å². The molecule has 2 nitrogen and oxygen atoms in total. The smallest absolute Gasteiger partial charge is 0.0992 e. The van der Waals surface area contributed by atoms with E-state index in [1.807, 2.05) is 24.3 Å². The summed E-state index contributed by atoms with van der Waals surface area (Å²) in [5.74, 6) is 0.